The van der Waals surface area contributed by atoms with Gasteiger partial charge in [-0.05, 0) is 70.7 Å². The average Bonchev–Trinajstić information content (AvgIpc) is 3.06. The first-order chi connectivity index (χ1) is 16.6. The molecule has 0 bridgehead atoms. The Bertz CT molecular complexity index is 1530. The molecule has 10 heteroatoms. The molecule has 0 amide bonds. The number of nitrogens with zero attached hydrogens (tertiary/aromatic N) is 1. The lowest BCUT2D eigenvalue weighted by Gasteiger charge is -2.09. The summed E-state index contributed by atoms with van der Waals surface area (Å²) >= 11 is 0. The van der Waals surface area contributed by atoms with Gasteiger partial charge < -0.3 is 4.74 Å². The number of allylic oxidation sites excluding steroid dienone is 2. The average molecular weight is 499 g/mol. The highest BCUT2D eigenvalue weighted by Crippen LogP contribution is 2.44. The van der Waals surface area contributed by atoms with E-state index in [1.165, 1.54) is 12.1 Å². The number of halogens is 2. The second-order valence-corrected chi connectivity index (χ2v) is 9.28. The lowest BCUT2D eigenvalue weighted by molar-refractivity contribution is -0.146. The minimum atomic E-state index is -1.19. The number of esters is 1. The highest BCUT2D eigenvalue weighted by Gasteiger charge is 2.26. The van der Waals surface area contributed by atoms with Crippen LogP contribution in [0.2, 0.25) is 0 Å². The van der Waals surface area contributed by atoms with Crippen LogP contribution in [0.1, 0.15) is 30.0 Å². The molecule has 0 aliphatic heterocycles. The summed E-state index contributed by atoms with van der Waals surface area (Å²) in [6.45, 7) is 1.21. The zero-order valence-electron chi connectivity index (χ0n) is 18.8. The maximum Gasteiger partial charge on any atom is 0.331 e. The van der Waals surface area contributed by atoms with Crippen molar-refractivity contribution in [1.82, 2.24) is 9.55 Å². The number of nitrogens with one attached hydrogen (secondary N) is 1. The van der Waals surface area contributed by atoms with E-state index in [9.17, 15) is 27.4 Å². The summed E-state index contributed by atoms with van der Waals surface area (Å²) in [7, 11) is -1.10. The molecular weight excluding hydrogens is 478 g/mol. The molecule has 0 radical (unpaired) electrons. The topological polar surface area (TPSA) is 98.2 Å². The molecule has 1 atom stereocenters. The lowest BCUT2D eigenvalue weighted by atomic mass is 10.0. The monoisotopic (exact) mass is 498 g/mol. The normalized spacial score (nSPS) is 14.8. The molecule has 3 aromatic rings. The van der Waals surface area contributed by atoms with Crippen molar-refractivity contribution in [3.63, 3.8) is 0 Å². The fourth-order valence-electron chi connectivity index (χ4n) is 3.82. The van der Waals surface area contributed by atoms with Crippen LogP contribution < -0.4 is 11.2 Å². The molecule has 0 saturated carbocycles. The molecule has 180 valence electrons. The number of hydrogen-bond donors (Lipinski definition) is 1. The molecule has 1 heterocycles. The van der Waals surface area contributed by atoms with Gasteiger partial charge in [-0.1, -0.05) is 18.2 Å². The minimum Gasteiger partial charge on any atom is -0.443 e. The third-order valence-electron chi connectivity index (χ3n) is 5.63. The molecule has 4 rings (SSSR count). The fourth-order valence-corrected chi connectivity index (χ4v) is 4.34. The highest BCUT2D eigenvalue weighted by molar-refractivity contribution is 7.84. The van der Waals surface area contributed by atoms with Crippen LogP contribution in [0, 0.1) is 11.6 Å². The third-order valence-corrected chi connectivity index (χ3v) is 6.57. The summed E-state index contributed by atoms with van der Waals surface area (Å²) in [5, 5.41) is 0. The zero-order valence-corrected chi connectivity index (χ0v) is 19.6. The van der Waals surface area contributed by atoms with Gasteiger partial charge in [0.05, 0.1) is 12.6 Å². The molecule has 2 aromatic carbocycles. The van der Waals surface area contributed by atoms with E-state index in [1.807, 2.05) is 25.1 Å². The Labute approximate surface area is 200 Å². The van der Waals surface area contributed by atoms with Crippen molar-refractivity contribution in [2.24, 2.45) is 0 Å². The van der Waals surface area contributed by atoms with Gasteiger partial charge in [-0.25, -0.2) is 9.18 Å². The van der Waals surface area contributed by atoms with Crippen molar-refractivity contribution in [2.45, 2.75) is 25.0 Å². The Hall–Kier alpha value is -3.92. The summed E-state index contributed by atoms with van der Waals surface area (Å²) in [5.41, 5.74) is 2.15. The van der Waals surface area contributed by atoms with E-state index in [1.54, 1.807) is 29.4 Å². The largest absolute Gasteiger partial charge is 0.443 e. The molecular formula is C25H20F2N2O5S. The summed E-state index contributed by atoms with van der Waals surface area (Å²) in [6.07, 6.45) is 3.93. The fraction of sp³-hybridized carbons (Fsp3) is 0.160. The number of carbonyl (C=O) groups excluding carboxylic acids is 1. The molecule has 1 aliphatic rings. The van der Waals surface area contributed by atoms with E-state index < -0.39 is 46.4 Å². The molecule has 1 aromatic heterocycles. The van der Waals surface area contributed by atoms with Crippen LogP contribution in [0.15, 0.2) is 68.7 Å². The standard InChI is InChI=1S/C25H20F2N2O5S/c1-14-19(9-15-3-6-17(7-4-15)35(2)33)18-8-5-16(26)10-21(18)20(14)11-23(30)34-13-29-12-22(27)24(31)28-25(29)32/h3-10,12H,11,13H2,1-2H3,(H,28,31,32). The number of H-pyrrole nitrogens is 1. The predicted octanol–water partition coefficient (Wildman–Crippen LogP) is 3.47. The maximum absolute atomic E-state index is 14.1. The van der Waals surface area contributed by atoms with Crippen LogP contribution in [0.25, 0.3) is 17.2 Å². The van der Waals surface area contributed by atoms with Crippen LogP contribution in [0.3, 0.4) is 0 Å². The van der Waals surface area contributed by atoms with Crippen molar-refractivity contribution in [3.8, 4) is 0 Å². The molecule has 7 nitrogen and oxygen atoms in total. The van der Waals surface area contributed by atoms with E-state index in [0.717, 1.165) is 26.8 Å². The van der Waals surface area contributed by atoms with Gasteiger partial charge in [-0.2, -0.15) is 4.39 Å². The summed E-state index contributed by atoms with van der Waals surface area (Å²) in [4.78, 5) is 37.9. The second kappa shape index (κ2) is 9.75. The Morgan fingerprint density at radius 2 is 1.83 bits per heavy atom. The summed E-state index contributed by atoms with van der Waals surface area (Å²) < 4.78 is 45.0. The van der Waals surface area contributed by atoms with Gasteiger partial charge in [0.1, 0.15) is 5.82 Å². The van der Waals surface area contributed by atoms with Crippen molar-refractivity contribution in [1.29, 1.82) is 0 Å². The first-order valence-corrected chi connectivity index (χ1v) is 12.0. The predicted molar refractivity (Wildman–Crippen MR) is 128 cm³/mol. The van der Waals surface area contributed by atoms with Crippen molar-refractivity contribution >= 4 is 34.0 Å². The van der Waals surface area contributed by atoms with Crippen LogP contribution in [-0.2, 0) is 27.1 Å². The number of aromatic nitrogens is 2. The van der Waals surface area contributed by atoms with E-state index >= 15 is 0 Å². The quantitative estimate of drug-likeness (QED) is 0.525. The summed E-state index contributed by atoms with van der Waals surface area (Å²) in [6, 6.07) is 11.5. The number of benzene rings is 2. The van der Waals surface area contributed by atoms with Crippen LogP contribution in [0.4, 0.5) is 8.78 Å². The van der Waals surface area contributed by atoms with E-state index in [0.29, 0.717) is 22.2 Å². The smallest absolute Gasteiger partial charge is 0.331 e. The van der Waals surface area contributed by atoms with Crippen molar-refractivity contribution in [2.75, 3.05) is 6.26 Å². The molecule has 1 aliphatic carbocycles. The number of rotatable bonds is 6. The van der Waals surface area contributed by atoms with E-state index in [4.69, 9.17) is 4.74 Å². The van der Waals surface area contributed by atoms with Gasteiger partial charge in [-0.15, -0.1) is 0 Å². The number of fused-ring (bicyclic) bond motifs is 1. The Morgan fingerprint density at radius 1 is 1.11 bits per heavy atom. The van der Waals surface area contributed by atoms with Gasteiger partial charge in [0, 0.05) is 22.0 Å². The van der Waals surface area contributed by atoms with E-state index in [-0.39, 0.29) is 6.42 Å². The van der Waals surface area contributed by atoms with Crippen LogP contribution >= 0.6 is 0 Å². The Kier molecular flexibility index (Phi) is 6.74. The second-order valence-electron chi connectivity index (χ2n) is 7.90. The van der Waals surface area contributed by atoms with E-state index in [2.05, 4.69) is 0 Å². The van der Waals surface area contributed by atoms with Crippen LogP contribution in [-0.4, -0.2) is 26.0 Å². The van der Waals surface area contributed by atoms with Gasteiger partial charge in [0.25, 0.3) is 5.56 Å². The van der Waals surface area contributed by atoms with Gasteiger partial charge in [0.2, 0.25) is 5.82 Å². The van der Waals surface area contributed by atoms with Crippen molar-refractivity contribution in [3.05, 3.63) is 103 Å². The molecule has 35 heavy (non-hydrogen) atoms. The Morgan fingerprint density at radius 3 is 2.51 bits per heavy atom. The maximum atomic E-state index is 14.1. The molecule has 1 unspecified atom stereocenters. The number of carbonyl (C=O) groups is 1. The number of aromatic amines is 1. The molecule has 1 N–H and O–H groups in total. The highest BCUT2D eigenvalue weighted by atomic mass is 32.2. The van der Waals surface area contributed by atoms with Gasteiger partial charge in [0.15, 0.2) is 6.73 Å². The first kappa shape index (κ1) is 24.2. The van der Waals surface area contributed by atoms with Gasteiger partial charge in [-0.3, -0.25) is 23.3 Å². The molecule has 0 saturated heterocycles. The van der Waals surface area contributed by atoms with Crippen LogP contribution in [0.5, 0.6) is 0 Å². The molecule has 0 fully saturated rings. The third kappa shape index (κ3) is 5.12. The number of hydrogen-bond acceptors (Lipinski definition) is 5. The minimum absolute atomic E-state index is 0.214. The zero-order chi connectivity index (χ0) is 25.3. The first-order valence-electron chi connectivity index (χ1n) is 10.4. The number of ether oxygens (including phenoxy) is 1. The summed E-state index contributed by atoms with van der Waals surface area (Å²) in [5.74, 6) is -2.37. The van der Waals surface area contributed by atoms with Gasteiger partial charge >= 0.3 is 11.7 Å². The molecule has 0 spiro atoms. The SMILES string of the molecule is CC1=C(CC(=O)OCn2cc(F)c(=O)[nH]c2=O)c2cc(F)ccc2C1=Cc1ccc(S(C)=O)cc1. The van der Waals surface area contributed by atoms with Crippen molar-refractivity contribution < 1.29 is 22.5 Å². The lowest BCUT2D eigenvalue weighted by Crippen LogP contribution is -2.32. The Balaban J connectivity index is 1.61.